The lowest BCUT2D eigenvalue weighted by atomic mass is 9.84. The first-order valence-corrected chi connectivity index (χ1v) is 13.2. The van der Waals surface area contributed by atoms with E-state index in [1.165, 1.54) is 48.8 Å². The van der Waals surface area contributed by atoms with Crippen LogP contribution in [0, 0.1) is 5.92 Å². The van der Waals surface area contributed by atoms with Crippen molar-refractivity contribution in [1.29, 1.82) is 0 Å². The van der Waals surface area contributed by atoms with Gasteiger partial charge in [-0.25, -0.2) is 0 Å². The minimum Gasteiger partial charge on any atom is -0.466 e. The molecule has 4 rings (SSSR count). The zero-order chi connectivity index (χ0) is 22.8. The fraction of sp³-hybridized carbons (Fsp3) is 0.367. The monoisotopic (exact) mass is 458 g/mol. The summed E-state index contributed by atoms with van der Waals surface area (Å²) in [6.07, 6.45) is 8.04. The van der Waals surface area contributed by atoms with Gasteiger partial charge in [0.05, 0.1) is 17.8 Å². The van der Waals surface area contributed by atoms with Crippen LogP contribution in [0.15, 0.2) is 91.0 Å². The van der Waals surface area contributed by atoms with E-state index in [0.29, 0.717) is 18.8 Å². The number of carbonyl (C=O) groups is 1. The number of hydrogen-bond donors (Lipinski definition) is 0. The Labute approximate surface area is 202 Å². The molecule has 0 N–H and O–H groups in total. The highest BCUT2D eigenvalue weighted by molar-refractivity contribution is 8.00. The summed E-state index contributed by atoms with van der Waals surface area (Å²) >= 11 is 1.82. The topological polar surface area (TPSA) is 26.3 Å². The Balaban J connectivity index is 1.48. The number of esters is 1. The Morgan fingerprint density at radius 3 is 1.73 bits per heavy atom. The fourth-order valence-electron chi connectivity index (χ4n) is 4.94. The van der Waals surface area contributed by atoms with E-state index in [-0.39, 0.29) is 10.7 Å². The molecule has 1 aliphatic carbocycles. The number of carbonyl (C=O) groups excluding carboxylic acids is 1. The average molecular weight is 459 g/mol. The summed E-state index contributed by atoms with van der Waals surface area (Å²) in [7, 11) is 0. The molecule has 172 valence electrons. The third-order valence-corrected chi connectivity index (χ3v) is 8.23. The number of hydrogen-bond acceptors (Lipinski definition) is 3. The molecule has 3 heteroatoms. The molecule has 0 radical (unpaired) electrons. The normalized spacial score (nSPS) is 14.7. The third-order valence-electron chi connectivity index (χ3n) is 6.68. The van der Waals surface area contributed by atoms with Crippen LogP contribution in [0.4, 0.5) is 0 Å². The van der Waals surface area contributed by atoms with Gasteiger partial charge in [-0.05, 0) is 29.0 Å². The molecule has 3 aromatic rings. The summed E-state index contributed by atoms with van der Waals surface area (Å²) in [4.78, 5) is 12.5. The van der Waals surface area contributed by atoms with Crippen LogP contribution in [0.3, 0.4) is 0 Å². The molecule has 1 fully saturated rings. The van der Waals surface area contributed by atoms with E-state index in [4.69, 9.17) is 4.74 Å². The lowest BCUT2D eigenvalue weighted by Gasteiger charge is -2.35. The van der Waals surface area contributed by atoms with Crippen LogP contribution in [0.5, 0.6) is 0 Å². The minimum absolute atomic E-state index is 0.0820. The molecule has 33 heavy (non-hydrogen) atoms. The Morgan fingerprint density at radius 2 is 1.24 bits per heavy atom. The van der Waals surface area contributed by atoms with Crippen molar-refractivity contribution >= 4 is 17.7 Å². The van der Waals surface area contributed by atoms with Gasteiger partial charge >= 0.3 is 5.97 Å². The van der Waals surface area contributed by atoms with E-state index in [9.17, 15) is 4.79 Å². The van der Waals surface area contributed by atoms with Crippen LogP contribution in [0.25, 0.3) is 0 Å². The molecule has 0 aliphatic heterocycles. The molecule has 2 nitrogen and oxygen atoms in total. The average Bonchev–Trinajstić information content (AvgIpc) is 2.89. The van der Waals surface area contributed by atoms with Crippen LogP contribution >= 0.6 is 11.8 Å². The quantitative estimate of drug-likeness (QED) is 0.231. The number of ether oxygens (including phenoxy) is 1. The number of rotatable bonds is 10. The smallest absolute Gasteiger partial charge is 0.306 e. The molecule has 3 aromatic carbocycles. The van der Waals surface area contributed by atoms with Gasteiger partial charge in [-0.15, -0.1) is 11.8 Å². The largest absolute Gasteiger partial charge is 0.466 e. The molecule has 0 unspecified atom stereocenters. The maximum Gasteiger partial charge on any atom is 0.306 e. The standard InChI is InChI=1S/C30H34O2S/c31-29(32-23-21-25-13-5-1-6-14-25)22-24-33-30(26-15-7-2-8-16-26,27-17-9-3-10-18-27)28-19-11-4-12-20-28/h2-4,7-12,15-20,25H,1,5-6,13-14,21-24H2. The zero-order valence-corrected chi connectivity index (χ0v) is 20.1. The van der Waals surface area contributed by atoms with Crippen molar-refractivity contribution in [2.75, 3.05) is 12.4 Å². The lowest BCUT2D eigenvalue weighted by Crippen LogP contribution is -2.26. The maximum atomic E-state index is 12.5. The highest BCUT2D eigenvalue weighted by atomic mass is 32.2. The Bertz CT molecular complexity index is 869. The van der Waals surface area contributed by atoms with Crippen molar-refractivity contribution in [2.45, 2.75) is 49.7 Å². The van der Waals surface area contributed by atoms with Gasteiger partial charge < -0.3 is 4.74 Å². The summed E-state index contributed by atoms with van der Waals surface area (Å²) in [5.74, 6) is 1.35. The molecule has 1 saturated carbocycles. The lowest BCUT2D eigenvalue weighted by molar-refractivity contribution is -0.143. The van der Waals surface area contributed by atoms with Crippen LogP contribution in [0.2, 0.25) is 0 Å². The molecule has 0 amide bonds. The number of benzene rings is 3. The van der Waals surface area contributed by atoms with E-state index in [1.54, 1.807) is 0 Å². The Hall–Kier alpha value is -2.52. The van der Waals surface area contributed by atoms with Gasteiger partial charge in [-0.1, -0.05) is 123 Å². The van der Waals surface area contributed by atoms with Crippen LogP contribution in [-0.2, 0) is 14.3 Å². The van der Waals surface area contributed by atoms with E-state index < -0.39 is 0 Å². The Morgan fingerprint density at radius 1 is 0.758 bits per heavy atom. The molecular weight excluding hydrogens is 424 g/mol. The number of thioether (sulfide) groups is 1. The molecule has 0 spiro atoms. The first kappa shape index (κ1) is 23.6. The molecule has 0 aromatic heterocycles. The van der Waals surface area contributed by atoms with Gasteiger partial charge in [-0.3, -0.25) is 4.79 Å². The summed E-state index contributed by atoms with van der Waals surface area (Å²) in [5, 5.41) is 0. The Kier molecular flexibility index (Phi) is 8.65. The predicted molar refractivity (Wildman–Crippen MR) is 138 cm³/mol. The van der Waals surface area contributed by atoms with Gasteiger partial charge in [-0.2, -0.15) is 0 Å². The zero-order valence-electron chi connectivity index (χ0n) is 19.3. The van der Waals surface area contributed by atoms with E-state index in [0.717, 1.165) is 12.3 Å². The SMILES string of the molecule is O=C(CCSC(c1ccccc1)(c1ccccc1)c1ccccc1)OCCC1CCCCC1. The molecule has 0 bridgehead atoms. The fourth-order valence-corrected chi connectivity index (χ4v) is 6.43. The first-order valence-electron chi connectivity index (χ1n) is 12.3. The summed E-state index contributed by atoms with van der Waals surface area (Å²) in [6, 6.07) is 31.9. The summed E-state index contributed by atoms with van der Waals surface area (Å²) in [6.45, 7) is 0.565. The summed E-state index contributed by atoms with van der Waals surface area (Å²) in [5.41, 5.74) is 3.66. The second-order valence-corrected chi connectivity index (χ2v) is 10.2. The third kappa shape index (κ3) is 6.09. The van der Waals surface area contributed by atoms with E-state index >= 15 is 0 Å². The molecule has 1 aliphatic rings. The van der Waals surface area contributed by atoms with Gasteiger partial charge in [0.2, 0.25) is 0 Å². The summed E-state index contributed by atoms with van der Waals surface area (Å²) < 4.78 is 5.24. The van der Waals surface area contributed by atoms with Gasteiger partial charge in [0.1, 0.15) is 0 Å². The van der Waals surface area contributed by atoms with Crippen molar-refractivity contribution < 1.29 is 9.53 Å². The molecule has 0 saturated heterocycles. The van der Waals surface area contributed by atoms with Crippen molar-refractivity contribution in [3.8, 4) is 0 Å². The molecule has 0 atom stereocenters. The van der Waals surface area contributed by atoms with Crippen LogP contribution in [-0.4, -0.2) is 18.3 Å². The first-order chi connectivity index (χ1) is 16.3. The van der Waals surface area contributed by atoms with Crippen LogP contribution in [0.1, 0.15) is 61.6 Å². The molecule has 0 heterocycles. The minimum atomic E-state index is -0.383. The highest BCUT2D eigenvalue weighted by Gasteiger charge is 2.36. The predicted octanol–water partition coefficient (Wildman–Crippen LogP) is 7.62. The van der Waals surface area contributed by atoms with Crippen LogP contribution < -0.4 is 0 Å². The van der Waals surface area contributed by atoms with Gasteiger partial charge in [0, 0.05) is 5.75 Å². The van der Waals surface area contributed by atoms with Gasteiger partial charge in [0.25, 0.3) is 0 Å². The highest BCUT2D eigenvalue weighted by Crippen LogP contribution is 2.48. The molecular formula is C30H34O2S. The van der Waals surface area contributed by atoms with Gasteiger partial charge in [0.15, 0.2) is 0 Å². The maximum absolute atomic E-state index is 12.5. The van der Waals surface area contributed by atoms with E-state index in [2.05, 4.69) is 91.0 Å². The van der Waals surface area contributed by atoms with Crippen molar-refractivity contribution in [3.63, 3.8) is 0 Å². The second kappa shape index (κ2) is 12.1. The van der Waals surface area contributed by atoms with E-state index in [1.807, 2.05) is 11.8 Å². The van der Waals surface area contributed by atoms with Crippen molar-refractivity contribution in [1.82, 2.24) is 0 Å². The van der Waals surface area contributed by atoms with Crippen molar-refractivity contribution in [3.05, 3.63) is 108 Å². The van der Waals surface area contributed by atoms with Crippen molar-refractivity contribution in [2.24, 2.45) is 5.92 Å². The second-order valence-electron chi connectivity index (χ2n) is 8.89.